The molecule has 3 unspecified atom stereocenters. The van der Waals surface area contributed by atoms with Crippen molar-refractivity contribution in [2.45, 2.75) is 95.6 Å². The molecule has 0 aliphatic rings. The monoisotopic (exact) mass is 637 g/mol. The Hall–Kier alpha value is -3.73. The van der Waals surface area contributed by atoms with Crippen LogP contribution in [0.25, 0.3) is 0 Å². The number of alkyl carbamates (subject to hydrolysis) is 1. The number of nitrogens with zero attached hydrogens (tertiary/aromatic N) is 1. The second kappa shape index (κ2) is 16.0. The van der Waals surface area contributed by atoms with Crippen LogP contribution >= 0.6 is 0 Å². The smallest absolute Gasteiger partial charge is 0.410 e. The third kappa shape index (κ3) is 11.9. The Bertz CT molecular complexity index is 1380. The van der Waals surface area contributed by atoms with Crippen LogP contribution < -0.4 is 5.32 Å². The number of hydrogen-bond acceptors (Lipinski definition) is 7. The molecule has 0 heterocycles. The minimum absolute atomic E-state index is 0.0470. The van der Waals surface area contributed by atoms with Gasteiger partial charge in [0.15, 0.2) is 0 Å². The summed E-state index contributed by atoms with van der Waals surface area (Å²) in [5.74, 6) is 0. The first-order chi connectivity index (χ1) is 21.1. The van der Waals surface area contributed by atoms with Crippen LogP contribution in [0.1, 0.15) is 58.2 Å². The molecule has 0 saturated carbocycles. The lowest BCUT2D eigenvalue weighted by Gasteiger charge is -2.41. The molecule has 0 spiro atoms. The van der Waals surface area contributed by atoms with E-state index < -0.39 is 57.9 Å². The van der Waals surface area contributed by atoms with Gasteiger partial charge in [0.25, 0.3) is 0 Å². The molecule has 5 atom stereocenters. The summed E-state index contributed by atoms with van der Waals surface area (Å²) < 4.78 is 37.4. The van der Waals surface area contributed by atoms with Crippen molar-refractivity contribution in [1.82, 2.24) is 10.2 Å². The van der Waals surface area contributed by atoms with Gasteiger partial charge in [0.1, 0.15) is 11.2 Å². The minimum atomic E-state index is -2.90. The third-order valence-corrected chi connectivity index (χ3v) is 7.91. The molecule has 9 nitrogen and oxygen atoms in total. The Morgan fingerprint density at radius 3 is 1.67 bits per heavy atom. The van der Waals surface area contributed by atoms with E-state index in [2.05, 4.69) is 5.32 Å². The van der Waals surface area contributed by atoms with Gasteiger partial charge in [-0.3, -0.25) is 9.11 Å². The van der Waals surface area contributed by atoms with Crippen molar-refractivity contribution in [3.05, 3.63) is 108 Å². The molecule has 0 aromatic heterocycles. The molecule has 3 aromatic rings. The summed E-state index contributed by atoms with van der Waals surface area (Å²) >= 11 is -2.90. The maximum absolute atomic E-state index is 13.8. The highest BCUT2D eigenvalue weighted by atomic mass is 32.2. The van der Waals surface area contributed by atoms with Gasteiger partial charge in [0, 0.05) is 6.54 Å². The van der Waals surface area contributed by atoms with E-state index in [0.29, 0.717) is 0 Å². The molecule has 0 aliphatic carbocycles. The molecule has 10 heteroatoms. The van der Waals surface area contributed by atoms with Gasteiger partial charge in [-0.05, 0) is 82.2 Å². The summed E-state index contributed by atoms with van der Waals surface area (Å²) in [6, 6.07) is 25.3. The number of rotatable bonds is 12. The second-order valence-corrected chi connectivity index (χ2v) is 14.1. The summed E-state index contributed by atoms with van der Waals surface area (Å²) in [6.07, 6.45) is -2.98. The average molecular weight is 638 g/mol. The molecule has 0 saturated heterocycles. The number of hydrogen-bond donors (Lipinski definition) is 2. The Balaban J connectivity index is 2.12. The highest BCUT2D eigenvalue weighted by Gasteiger charge is 2.41. The fourth-order valence-electron chi connectivity index (χ4n) is 4.97. The van der Waals surface area contributed by atoms with Gasteiger partial charge in [-0.1, -0.05) is 91.0 Å². The van der Waals surface area contributed by atoms with E-state index >= 15 is 0 Å². The van der Waals surface area contributed by atoms with Crippen molar-refractivity contribution in [1.29, 1.82) is 0 Å². The normalized spacial score (nSPS) is 15.2. The standard InChI is InChI=1S/C35H46N2O7S/c1-34(2,3)43-32(39)36-28(22-25-16-10-7-11-17-25)31(45(41)42)30(38)29(23-26-18-12-8-13-19-26)37(33(40)44-35(4,5)6)24-27-20-14-9-15-21-27/h7-21,28-31,38H,22-24H2,1-6H3,(H,36,39)(H,41,42)/p-1/t28-,29-,30?,31?/m0/s1. The lowest BCUT2D eigenvalue weighted by Crippen LogP contribution is -2.60. The van der Waals surface area contributed by atoms with E-state index in [1.807, 2.05) is 91.0 Å². The van der Waals surface area contributed by atoms with E-state index in [4.69, 9.17) is 9.47 Å². The number of aliphatic hydroxyl groups excluding tert-OH is 1. The van der Waals surface area contributed by atoms with E-state index in [0.717, 1.165) is 16.7 Å². The van der Waals surface area contributed by atoms with E-state index in [9.17, 15) is 23.5 Å². The number of carbonyl (C=O) groups excluding carboxylic acids is 2. The van der Waals surface area contributed by atoms with Crippen molar-refractivity contribution in [2.75, 3.05) is 0 Å². The Morgan fingerprint density at radius 1 is 0.778 bits per heavy atom. The molecule has 244 valence electrons. The first-order valence-electron chi connectivity index (χ1n) is 15.0. The highest BCUT2D eigenvalue weighted by molar-refractivity contribution is 7.79. The summed E-state index contributed by atoms with van der Waals surface area (Å²) in [4.78, 5) is 28.2. The number of amides is 2. The zero-order valence-corrected chi connectivity index (χ0v) is 27.7. The van der Waals surface area contributed by atoms with Crippen LogP contribution in [0.15, 0.2) is 91.0 Å². The van der Waals surface area contributed by atoms with Crippen LogP contribution in [0.5, 0.6) is 0 Å². The van der Waals surface area contributed by atoms with Crippen LogP contribution in [-0.4, -0.2) is 65.6 Å². The van der Waals surface area contributed by atoms with E-state index in [-0.39, 0.29) is 19.4 Å². The number of carbonyl (C=O) groups is 2. The van der Waals surface area contributed by atoms with E-state index in [1.165, 1.54) is 4.90 Å². The molecule has 45 heavy (non-hydrogen) atoms. The first-order valence-corrected chi connectivity index (χ1v) is 16.1. The maximum Gasteiger partial charge on any atom is 0.410 e. The molecule has 3 rings (SSSR count). The number of aliphatic hydroxyl groups is 1. The van der Waals surface area contributed by atoms with Crippen LogP contribution in [0.4, 0.5) is 9.59 Å². The summed E-state index contributed by atoms with van der Waals surface area (Å²) in [5, 5.41) is 13.3. The van der Waals surface area contributed by atoms with Gasteiger partial charge in [-0.15, -0.1) is 0 Å². The van der Waals surface area contributed by atoms with Gasteiger partial charge in [-0.2, -0.15) is 0 Å². The van der Waals surface area contributed by atoms with Crippen LogP contribution in [0.2, 0.25) is 0 Å². The van der Waals surface area contributed by atoms with Crippen molar-refractivity contribution in [3.63, 3.8) is 0 Å². The molecule has 3 aromatic carbocycles. The molecule has 0 aliphatic heterocycles. The average Bonchev–Trinajstić information content (AvgIpc) is 2.94. The molecule has 2 N–H and O–H groups in total. The molecule has 2 amide bonds. The van der Waals surface area contributed by atoms with Crippen molar-refractivity contribution in [3.8, 4) is 0 Å². The third-order valence-electron chi connectivity index (χ3n) is 6.86. The molecular weight excluding hydrogens is 592 g/mol. The molecule has 0 radical (unpaired) electrons. The molecule has 0 fully saturated rings. The number of benzene rings is 3. The lowest BCUT2D eigenvalue weighted by molar-refractivity contribution is -0.0121. The maximum atomic E-state index is 13.8. The first kappa shape index (κ1) is 35.7. The predicted octanol–water partition coefficient (Wildman–Crippen LogP) is 5.78. The number of ether oxygens (including phenoxy) is 2. The lowest BCUT2D eigenvalue weighted by atomic mass is 9.92. The second-order valence-electron chi connectivity index (χ2n) is 13.0. The van der Waals surface area contributed by atoms with Crippen molar-refractivity contribution >= 4 is 23.3 Å². The Morgan fingerprint density at radius 2 is 1.22 bits per heavy atom. The summed E-state index contributed by atoms with van der Waals surface area (Å²) in [5.41, 5.74) is 0.586. The summed E-state index contributed by atoms with van der Waals surface area (Å²) in [7, 11) is 0. The zero-order chi connectivity index (χ0) is 33.2. The van der Waals surface area contributed by atoms with Gasteiger partial charge >= 0.3 is 12.2 Å². The fraction of sp³-hybridized carbons (Fsp3) is 0.429. The SMILES string of the molecule is CC(C)(C)OC(=O)N[C@@H](Cc1ccccc1)C(C(O)[C@H](Cc1ccccc1)N(Cc1ccccc1)C(=O)OC(C)(C)C)S(=O)[O-]. The molecule has 0 bridgehead atoms. The van der Waals surface area contributed by atoms with Crippen LogP contribution in [0.3, 0.4) is 0 Å². The topological polar surface area (TPSA) is 128 Å². The largest absolute Gasteiger partial charge is 0.772 e. The molecular formula is C35H45N2O7S-. The van der Waals surface area contributed by atoms with E-state index in [1.54, 1.807) is 41.5 Å². The fourth-order valence-corrected chi connectivity index (χ4v) is 5.81. The Labute approximate surface area is 269 Å². The van der Waals surface area contributed by atoms with Gasteiger partial charge in [0.05, 0.1) is 23.4 Å². The summed E-state index contributed by atoms with van der Waals surface area (Å²) in [6.45, 7) is 10.4. The highest BCUT2D eigenvalue weighted by Crippen LogP contribution is 2.25. The zero-order valence-electron chi connectivity index (χ0n) is 26.8. The predicted molar refractivity (Wildman–Crippen MR) is 174 cm³/mol. The van der Waals surface area contributed by atoms with Gasteiger partial charge in [0.2, 0.25) is 0 Å². The van der Waals surface area contributed by atoms with Crippen molar-refractivity contribution < 1.29 is 32.9 Å². The number of nitrogens with one attached hydrogen (secondary N) is 1. The van der Waals surface area contributed by atoms with Gasteiger partial charge < -0.3 is 24.4 Å². The Kier molecular flexibility index (Phi) is 12.7. The van der Waals surface area contributed by atoms with Crippen LogP contribution in [-0.2, 0) is 39.9 Å². The minimum Gasteiger partial charge on any atom is -0.772 e. The van der Waals surface area contributed by atoms with Crippen LogP contribution in [0, 0.1) is 0 Å². The van der Waals surface area contributed by atoms with Gasteiger partial charge in [-0.25, -0.2) is 9.59 Å². The van der Waals surface area contributed by atoms with Crippen molar-refractivity contribution in [2.24, 2.45) is 0 Å². The quantitative estimate of drug-likeness (QED) is 0.241.